The van der Waals surface area contributed by atoms with E-state index >= 15 is 0 Å². The molecule has 3 aromatic rings. The van der Waals surface area contributed by atoms with Gasteiger partial charge in [-0.25, -0.2) is 14.2 Å². The van der Waals surface area contributed by atoms with E-state index in [1.165, 1.54) is 17.5 Å². The summed E-state index contributed by atoms with van der Waals surface area (Å²) in [7, 11) is 0. The molecule has 2 heterocycles. The third-order valence-electron chi connectivity index (χ3n) is 4.09. The summed E-state index contributed by atoms with van der Waals surface area (Å²) in [4.78, 5) is 28.1. The summed E-state index contributed by atoms with van der Waals surface area (Å²) in [6.07, 6.45) is 1.30. The molecule has 0 aliphatic rings. The summed E-state index contributed by atoms with van der Waals surface area (Å²) < 4.78 is 16.3. The molecule has 26 heavy (non-hydrogen) atoms. The number of carboxylic acid groups (broad SMARTS) is 1. The maximum Gasteiger partial charge on any atom is 0.341 e. The molecule has 0 aliphatic heterocycles. The average molecular weight is 375 g/mol. The van der Waals surface area contributed by atoms with E-state index in [0.717, 1.165) is 17.6 Å². The van der Waals surface area contributed by atoms with Gasteiger partial charge < -0.3 is 15.0 Å². The van der Waals surface area contributed by atoms with Gasteiger partial charge in [0.1, 0.15) is 16.4 Å². The van der Waals surface area contributed by atoms with E-state index in [-0.39, 0.29) is 10.9 Å². The summed E-state index contributed by atoms with van der Waals surface area (Å²) in [5, 5.41) is 15.0. The number of rotatable bonds is 6. The van der Waals surface area contributed by atoms with E-state index in [1.807, 2.05) is 13.8 Å². The largest absolute Gasteiger partial charge is 0.477 e. The number of halogens is 1. The molecular formula is C18H18FN3O3S. The predicted octanol–water partition coefficient (Wildman–Crippen LogP) is 3.09. The smallest absolute Gasteiger partial charge is 0.341 e. The van der Waals surface area contributed by atoms with E-state index in [2.05, 4.69) is 10.3 Å². The van der Waals surface area contributed by atoms with Crippen LogP contribution in [0, 0.1) is 5.82 Å². The van der Waals surface area contributed by atoms with Gasteiger partial charge in [0.15, 0.2) is 0 Å². The number of nitrogens with one attached hydrogen (secondary N) is 1. The topological polar surface area (TPSA) is 84.2 Å². The van der Waals surface area contributed by atoms with E-state index in [9.17, 15) is 19.1 Å². The molecule has 0 saturated heterocycles. The SMILES string of the molecule is CCNCc1nc(-c2cc3c(cc2F)c(=O)c(C(=O)O)cn3CC)cs1. The summed E-state index contributed by atoms with van der Waals surface area (Å²) in [5.41, 5.74) is 0.225. The fraction of sp³-hybridized carbons (Fsp3) is 0.278. The molecule has 2 aromatic heterocycles. The number of hydrogen-bond acceptors (Lipinski definition) is 5. The molecule has 3 rings (SSSR count). The van der Waals surface area contributed by atoms with Crippen LogP contribution in [0.25, 0.3) is 22.2 Å². The Balaban J connectivity index is 2.18. The normalized spacial score (nSPS) is 11.2. The van der Waals surface area contributed by atoms with Gasteiger partial charge in [-0.15, -0.1) is 11.3 Å². The molecule has 0 spiro atoms. The lowest BCUT2D eigenvalue weighted by Gasteiger charge is -2.12. The van der Waals surface area contributed by atoms with Crippen LogP contribution in [0.1, 0.15) is 29.2 Å². The van der Waals surface area contributed by atoms with Crippen LogP contribution in [0.3, 0.4) is 0 Å². The van der Waals surface area contributed by atoms with Gasteiger partial charge in [0.25, 0.3) is 0 Å². The van der Waals surface area contributed by atoms with E-state index < -0.39 is 17.2 Å². The molecule has 6 nitrogen and oxygen atoms in total. The van der Waals surface area contributed by atoms with Crippen molar-refractivity contribution in [3.05, 3.63) is 50.3 Å². The van der Waals surface area contributed by atoms with Crippen LogP contribution in [-0.2, 0) is 13.1 Å². The van der Waals surface area contributed by atoms with Gasteiger partial charge in [-0.3, -0.25) is 4.79 Å². The number of hydrogen-bond donors (Lipinski definition) is 2. The molecule has 0 saturated carbocycles. The van der Waals surface area contributed by atoms with Crippen molar-refractivity contribution < 1.29 is 14.3 Å². The maximum atomic E-state index is 14.7. The van der Waals surface area contributed by atoms with Crippen molar-refractivity contribution in [2.75, 3.05) is 6.54 Å². The number of pyridine rings is 1. The maximum absolute atomic E-state index is 14.7. The number of thiazole rings is 1. The zero-order valence-corrected chi connectivity index (χ0v) is 15.2. The fourth-order valence-corrected chi connectivity index (χ4v) is 3.53. The molecule has 2 N–H and O–H groups in total. The Morgan fingerprint density at radius 2 is 2.15 bits per heavy atom. The van der Waals surface area contributed by atoms with Gasteiger partial charge in [0.05, 0.1) is 11.2 Å². The number of carboxylic acids is 1. The first-order valence-corrected chi connectivity index (χ1v) is 9.09. The molecule has 136 valence electrons. The number of fused-ring (bicyclic) bond motifs is 1. The molecule has 0 atom stereocenters. The highest BCUT2D eigenvalue weighted by molar-refractivity contribution is 7.09. The van der Waals surface area contributed by atoms with Crippen molar-refractivity contribution in [2.45, 2.75) is 26.9 Å². The Bertz CT molecular complexity index is 1040. The van der Waals surface area contributed by atoms with Gasteiger partial charge >= 0.3 is 5.97 Å². The molecule has 0 aliphatic carbocycles. The van der Waals surface area contributed by atoms with Crippen molar-refractivity contribution in [1.29, 1.82) is 0 Å². The minimum atomic E-state index is -1.32. The molecular weight excluding hydrogens is 357 g/mol. The Labute approximate surface area is 152 Å². The summed E-state index contributed by atoms with van der Waals surface area (Å²) >= 11 is 1.43. The lowest BCUT2D eigenvalue weighted by Crippen LogP contribution is -2.19. The minimum Gasteiger partial charge on any atom is -0.477 e. The van der Waals surface area contributed by atoms with Crippen LogP contribution in [0.15, 0.2) is 28.5 Å². The third-order valence-corrected chi connectivity index (χ3v) is 4.94. The molecule has 0 fully saturated rings. The highest BCUT2D eigenvalue weighted by Gasteiger charge is 2.18. The van der Waals surface area contributed by atoms with Crippen LogP contribution in [0.4, 0.5) is 4.39 Å². The van der Waals surface area contributed by atoms with E-state index in [1.54, 1.807) is 16.0 Å². The van der Waals surface area contributed by atoms with Crippen molar-refractivity contribution >= 4 is 28.2 Å². The first-order chi connectivity index (χ1) is 12.5. The van der Waals surface area contributed by atoms with Crippen LogP contribution < -0.4 is 10.7 Å². The number of aromatic carboxylic acids is 1. The highest BCUT2D eigenvalue weighted by Crippen LogP contribution is 2.28. The number of aromatic nitrogens is 2. The molecule has 0 radical (unpaired) electrons. The molecule has 0 amide bonds. The van der Waals surface area contributed by atoms with Gasteiger partial charge in [0.2, 0.25) is 5.43 Å². The molecule has 8 heteroatoms. The lowest BCUT2D eigenvalue weighted by molar-refractivity contribution is 0.0695. The Morgan fingerprint density at radius 3 is 2.81 bits per heavy atom. The number of nitrogens with zero attached hydrogens (tertiary/aromatic N) is 2. The number of aryl methyl sites for hydroxylation is 1. The van der Waals surface area contributed by atoms with Gasteiger partial charge in [-0.2, -0.15) is 0 Å². The highest BCUT2D eigenvalue weighted by atomic mass is 32.1. The standard InChI is InChI=1S/C18H18FN3O3S/c1-3-20-7-16-21-14(9-26-16)10-6-15-11(5-13(10)19)17(23)12(18(24)25)8-22(15)4-2/h5-6,8-9,20H,3-4,7H2,1-2H3,(H,24,25). The predicted molar refractivity (Wildman–Crippen MR) is 99.3 cm³/mol. The zero-order valence-electron chi connectivity index (χ0n) is 14.4. The second-order valence-electron chi connectivity index (χ2n) is 5.72. The summed E-state index contributed by atoms with van der Waals surface area (Å²) in [6.45, 7) is 5.69. The monoisotopic (exact) mass is 375 g/mol. The first-order valence-electron chi connectivity index (χ1n) is 8.21. The van der Waals surface area contributed by atoms with Gasteiger partial charge in [-0.1, -0.05) is 6.92 Å². The van der Waals surface area contributed by atoms with Gasteiger partial charge in [-0.05, 0) is 25.6 Å². The van der Waals surface area contributed by atoms with Crippen LogP contribution in [0.5, 0.6) is 0 Å². The van der Waals surface area contributed by atoms with Crippen LogP contribution in [0.2, 0.25) is 0 Å². The van der Waals surface area contributed by atoms with E-state index in [0.29, 0.717) is 29.9 Å². The zero-order chi connectivity index (χ0) is 18.8. The van der Waals surface area contributed by atoms with Crippen LogP contribution >= 0.6 is 11.3 Å². The summed E-state index contributed by atoms with van der Waals surface area (Å²) in [5.74, 6) is -1.92. The van der Waals surface area contributed by atoms with Crippen molar-refractivity contribution in [1.82, 2.24) is 14.9 Å². The third kappa shape index (κ3) is 3.25. The Kier molecular flexibility index (Phi) is 5.15. The first kappa shape index (κ1) is 18.2. The average Bonchev–Trinajstić information content (AvgIpc) is 3.08. The minimum absolute atomic E-state index is 0.0519. The number of benzene rings is 1. The Morgan fingerprint density at radius 1 is 1.38 bits per heavy atom. The van der Waals surface area contributed by atoms with Crippen molar-refractivity contribution in [3.63, 3.8) is 0 Å². The van der Waals surface area contributed by atoms with Crippen molar-refractivity contribution in [3.8, 4) is 11.3 Å². The fourth-order valence-electron chi connectivity index (χ4n) is 2.77. The quantitative estimate of drug-likeness (QED) is 0.692. The van der Waals surface area contributed by atoms with Gasteiger partial charge in [0, 0.05) is 35.6 Å². The van der Waals surface area contributed by atoms with E-state index in [4.69, 9.17) is 0 Å². The molecule has 1 aromatic carbocycles. The van der Waals surface area contributed by atoms with Crippen molar-refractivity contribution in [2.24, 2.45) is 0 Å². The lowest BCUT2D eigenvalue weighted by atomic mass is 10.1. The second-order valence-corrected chi connectivity index (χ2v) is 6.66. The molecule has 0 bridgehead atoms. The number of carbonyl (C=O) groups is 1. The van der Waals surface area contributed by atoms with Crippen LogP contribution in [-0.4, -0.2) is 27.2 Å². The molecule has 0 unspecified atom stereocenters. The summed E-state index contributed by atoms with van der Waals surface area (Å²) in [6, 6.07) is 2.67. The second kappa shape index (κ2) is 7.35. The Hall–Kier alpha value is -2.58.